The molecule has 0 radical (unpaired) electrons. The summed E-state index contributed by atoms with van der Waals surface area (Å²) in [6.45, 7) is 9.95. The highest BCUT2D eigenvalue weighted by molar-refractivity contribution is 5.82. The molecule has 0 saturated carbocycles. The predicted octanol–water partition coefficient (Wildman–Crippen LogP) is 0.975. The van der Waals surface area contributed by atoms with Gasteiger partial charge in [-0.3, -0.25) is 4.79 Å². The van der Waals surface area contributed by atoms with Crippen LogP contribution >= 0.6 is 0 Å². The fourth-order valence-electron chi connectivity index (χ4n) is 2.12. The lowest BCUT2D eigenvalue weighted by atomic mass is 10.1. The molecule has 1 heterocycles. The molecule has 100 valence electrons. The zero-order chi connectivity index (χ0) is 12.7. The molecule has 0 aliphatic carbocycles. The fourth-order valence-corrected chi connectivity index (χ4v) is 2.12. The summed E-state index contributed by atoms with van der Waals surface area (Å²) in [5, 5.41) is 6.57. The van der Waals surface area contributed by atoms with Gasteiger partial charge >= 0.3 is 0 Å². The quantitative estimate of drug-likeness (QED) is 0.728. The number of hydrogen-bond donors (Lipinski definition) is 2. The highest BCUT2D eigenvalue weighted by Crippen LogP contribution is 2.09. The zero-order valence-electron chi connectivity index (χ0n) is 11.5. The minimum Gasteiger partial charge on any atom is -0.339 e. The number of nitrogens with one attached hydrogen (secondary N) is 2. The number of nitrogens with zero attached hydrogens (tertiary/aromatic N) is 1. The Labute approximate surface area is 105 Å². The standard InChI is InChI=1S/C13H27N3O/c1-4-6-9-16(11(3)5-2)13(17)12-10-14-7-8-15-12/h11-12,14-15H,4-10H2,1-3H3. The number of piperazine rings is 1. The maximum Gasteiger partial charge on any atom is 0.241 e. The lowest BCUT2D eigenvalue weighted by molar-refractivity contribution is -0.135. The minimum absolute atomic E-state index is 0.0328. The molecule has 1 aliphatic heterocycles. The summed E-state index contributed by atoms with van der Waals surface area (Å²) in [5.41, 5.74) is 0. The van der Waals surface area contributed by atoms with Gasteiger partial charge in [0.05, 0.1) is 6.04 Å². The fraction of sp³-hybridized carbons (Fsp3) is 0.923. The molecule has 0 aromatic rings. The molecule has 1 fully saturated rings. The lowest BCUT2D eigenvalue weighted by Gasteiger charge is -2.34. The van der Waals surface area contributed by atoms with Crippen LogP contribution in [0.2, 0.25) is 0 Å². The molecule has 0 aromatic carbocycles. The third-order valence-electron chi connectivity index (χ3n) is 3.50. The van der Waals surface area contributed by atoms with E-state index in [-0.39, 0.29) is 11.9 Å². The Bertz CT molecular complexity index is 227. The summed E-state index contributed by atoms with van der Waals surface area (Å²) in [6, 6.07) is 0.312. The van der Waals surface area contributed by atoms with Crippen molar-refractivity contribution in [1.82, 2.24) is 15.5 Å². The molecule has 2 N–H and O–H groups in total. The summed E-state index contributed by atoms with van der Waals surface area (Å²) in [4.78, 5) is 14.5. The van der Waals surface area contributed by atoms with Crippen LogP contribution in [0.3, 0.4) is 0 Å². The second-order valence-electron chi connectivity index (χ2n) is 4.85. The van der Waals surface area contributed by atoms with Crippen molar-refractivity contribution in [3.05, 3.63) is 0 Å². The molecule has 2 atom stereocenters. The number of carbonyl (C=O) groups is 1. The van der Waals surface area contributed by atoms with E-state index in [4.69, 9.17) is 0 Å². The van der Waals surface area contributed by atoms with Crippen LogP contribution in [0, 0.1) is 0 Å². The van der Waals surface area contributed by atoms with Gasteiger partial charge in [0, 0.05) is 32.2 Å². The second kappa shape index (κ2) is 7.67. The first-order valence-corrected chi connectivity index (χ1v) is 6.95. The Morgan fingerprint density at radius 3 is 2.71 bits per heavy atom. The topological polar surface area (TPSA) is 44.4 Å². The van der Waals surface area contributed by atoms with E-state index < -0.39 is 0 Å². The Kier molecular flexibility index (Phi) is 6.52. The highest BCUT2D eigenvalue weighted by atomic mass is 16.2. The van der Waals surface area contributed by atoms with Gasteiger partial charge in [0.2, 0.25) is 5.91 Å². The largest absolute Gasteiger partial charge is 0.339 e. The first kappa shape index (κ1) is 14.5. The van der Waals surface area contributed by atoms with Gasteiger partial charge in [0.1, 0.15) is 0 Å². The van der Waals surface area contributed by atoms with Crippen LogP contribution in [0.25, 0.3) is 0 Å². The van der Waals surface area contributed by atoms with Crippen molar-refractivity contribution < 1.29 is 4.79 Å². The number of unbranched alkanes of at least 4 members (excludes halogenated alkanes) is 1. The van der Waals surface area contributed by atoms with Crippen molar-refractivity contribution in [2.24, 2.45) is 0 Å². The van der Waals surface area contributed by atoms with E-state index in [9.17, 15) is 4.79 Å². The van der Waals surface area contributed by atoms with Crippen LogP contribution in [-0.2, 0) is 4.79 Å². The van der Waals surface area contributed by atoms with Crippen molar-refractivity contribution in [3.63, 3.8) is 0 Å². The average molecular weight is 241 g/mol. The second-order valence-corrected chi connectivity index (χ2v) is 4.85. The molecule has 4 heteroatoms. The van der Waals surface area contributed by atoms with E-state index in [2.05, 4.69) is 31.4 Å². The minimum atomic E-state index is -0.0328. The van der Waals surface area contributed by atoms with E-state index in [1.54, 1.807) is 0 Å². The Balaban J connectivity index is 2.56. The average Bonchev–Trinajstić information content (AvgIpc) is 2.39. The Morgan fingerprint density at radius 2 is 2.18 bits per heavy atom. The summed E-state index contributed by atoms with van der Waals surface area (Å²) in [6.07, 6.45) is 3.25. The summed E-state index contributed by atoms with van der Waals surface area (Å²) < 4.78 is 0. The van der Waals surface area contributed by atoms with Gasteiger partial charge in [-0.25, -0.2) is 0 Å². The third-order valence-corrected chi connectivity index (χ3v) is 3.50. The van der Waals surface area contributed by atoms with E-state index in [0.717, 1.165) is 45.4 Å². The molecule has 0 aromatic heterocycles. The number of hydrogen-bond acceptors (Lipinski definition) is 3. The molecule has 2 unspecified atom stereocenters. The summed E-state index contributed by atoms with van der Waals surface area (Å²) in [7, 11) is 0. The van der Waals surface area contributed by atoms with E-state index >= 15 is 0 Å². The smallest absolute Gasteiger partial charge is 0.241 e. The Hall–Kier alpha value is -0.610. The monoisotopic (exact) mass is 241 g/mol. The molecule has 1 aliphatic rings. The van der Waals surface area contributed by atoms with Crippen molar-refractivity contribution in [3.8, 4) is 0 Å². The molecule has 17 heavy (non-hydrogen) atoms. The van der Waals surface area contributed by atoms with E-state index in [0.29, 0.717) is 6.04 Å². The maximum atomic E-state index is 12.4. The molecule has 1 saturated heterocycles. The third kappa shape index (κ3) is 4.28. The van der Waals surface area contributed by atoms with Gasteiger partial charge < -0.3 is 15.5 Å². The molecular weight excluding hydrogens is 214 g/mol. The van der Waals surface area contributed by atoms with Gasteiger partial charge in [-0.15, -0.1) is 0 Å². The van der Waals surface area contributed by atoms with Crippen LogP contribution in [0.5, 0.6) is 0 Å². The Morgan fingerprint density at radius 1 is 1.41 bits per heavy atom. The van der Waals surface area contributed by atoms with E-state index in [1.807, 2.05) is 4.90 Å². The van der Waals surface area contributed by atoms with Crippen molar-refractivity contribution in [2.75, 3.05) is 26.2 Å². The van der Waals surface area contributed by atoms with Gasteiger partial charge in [-0.2, -0.15) is 0 Å². The van der Waals surface area contributed by atoms with Crippen LogP contribution < -0.4 is 10.6 Å². The van der Waals surface area contributed by atoms with E-state index in [1.165, 1.54) is 0 Å². The van der Waals surface area contributed by atoms with Crippen LogP contribution in [0.15, 0.2) is 0 Å². The molecule has 1 rings (SSSR count). The summed E-state index contributed by atoms with van der Waals surface area (Å²) in [5.74, 6) is 0.264. The lowest BCUT2D eigenvalue weighted by Crippen LogP contribution is -2.58. The first-order valence-electron chi connectivity index (χ1n) is 6.95. The zero-order valence-corrected chi connectivity index (χ0v) is 11.5. The van der Waals surface area contributed by atoms with Gasteiger partial charge in [0.15, 0.2) is 0 Å². The van der Waals surface area contributed by atoms with Crippen molar-refractivity contribution in [1.29, 1.82) is 0 Å². The van der Waals surface area contributed by atoms with Gasteiger partial charge in [-0.05, 0) is 19.8 Å². The SMILES string of the molecule is CCCCN(C(=O)C1CNCCN1)C(C)CC. The summed E-state index contributed by atoms with van der Waals surface area (Å²) >= 11 is 0. The molecule has 0 bridgehead atoms. The molecule has 1 amide bonds. The molecule has 0 spiro atoms. The predicted molar refractivity (Wildman–Crippen MR) is 71.0 cm³/mol. The van der Waals surface area contributed by atoms with Gasteiger partial charge in [0.25, 0.3) is 0 Å². The normalized spacial score (nSPS) is 22.2. The van der Waals surface area contributed by atoms with Crippen LogP contribution in [0.4, 0.5) is 0 Å². The van der Waals surface area contributed by atoms with Crippen molar-refractivity contribution in [2.45, 2.75) is 52.1 Å². The highest BCUT2D eigenvalue weighted by Gasteiger charge is 2.27. The van der Waals surface area contributed by atoms with Crippen LogP contribution in [0.1, 0.15) is 40.0 Å². The maximum absolute atomic E-state index is 12.4. The van der Waals surface area contributed by atoms with Gasteiger partial charge in [-0.1, -0.05) is 20.3 Å². The molecule has 4 nitrogen and oxygen atoms in total. The number of amides is 1. The number of rotatable bonds is 6. The number of carbonyl (C=O) groups excluding carboxylic acids is 1. The van der Waals surface area contributed by atoms with Crippen molar-refractivity contribution >= 4 is 5.91 Å². The van der Waals surface area contributed by atoms with Crippen LogP contribution in [-0.4, -0.2) is 49.1 Å². The first-order chi connectivity index (χ1) is 8.20. The molecular formula is C13H27N3O.